The van der Waals surface area contributed by atoms with E-state index >= 15 is 0 Å². The number of aromatic hydroxyl groups is 2. The van der Waals surface area contributed by atoms with Gasteiger partial charge in [-0.2, -0.15) is 0 Å². The zero-order valence-electron chi connectivity index (χ0n) is 17.7. The molecular weight excluding hydrogens is 432 g/mol. The fraction of sp³-hybridized carbons (Fsp3) is 0.292. The first-order valence-electron chi connectivity index (χ1n) is 10.4. The molecule has 1 aliphatic heterocycles. The molecule has 0 bridgehead atoms. The summed E-state index contributed by atoms with van der Waals surface area (Å²) in [5, 5.41) is 53.0. The molecule has 0 spiro atoms. The molecule has 5 atom stereocenters. The number of hydrogen-bond acceptors (Lipinski definition) is 9. The Bertz CT molecular complexity index is 1460. The highest BCUT2D eigenvalue weighted by Gasteiger charge is 2.43. The Morgan fingerprint density at radius 2 is 1.64 bits per heavy atom. The van der Waals surface area contributed by atoms with Crippen LogP contribution in [0.25, 0.3) is 32.5 Å². The summed E-state index contributed by atoms with van der Waals surface area (Å²) in [5.74, 6) is -0.251. The molecule has 0 aliphatic carbocycles. The second-order valence-corrected chi connectivity index (χ2v) is 8.35. The van der Waals surface area contributed by atoms with Crippen LogP contribution in [0, 0.1) is 6.92 Å². The van der Waals surface area contributed by atoms with Gasteiger partial charge < -0.3 is 39.4 Å². The lowest BCUT2D eigenvalue weighted by molar-refractivity contribution is -0.267. The first-order valence-corrected chi connectivity index (χ1v) is 10.4. The number of rotatable bonds is 2. The number of ether oxygens (including phenoxy) is 2. The van der Waals surface area contributed by atoms with Crippen LogP contribution in [0.5, 0.6) is 17.2 Å². The van der Waals surface area contributed by atoms with Crippen molar-refractivity contribution in [2.24, 2.45) is 0 Å². The molecule has 1 aromatic heterocycles. The maximum absolute atomic E-state index is 12.7. The zero-order chi connectivity index (χ0) is 23.6. The topological polar surface area (TPSA) is 150 Å². The van der Waals surface area contributed by atoms with Crippen LogP contribution in [0.1, 0.15) is 12.5 Å². The van der Waals surface area contributed by atoms with E-state index in [2.05, 4.69) is 0 Å². The molecule has 1 fully saturated rings. The van der Waals surface area contributed by atoms with E-state index in [1.165, 1.54) is 25.1 Å². The van der Waals surface area contributed by atoms with Gasteiger partial charge in [0.15, 0.2) is 0 Å². The maximum atomic E-state index is 12.7. The number of aliphatic hydroxyl groups is 3. The number of phenolic OH excluding ortho intramolecular Hbond substituents is 2. The highest BCUT2D eigenvalue weighted by Crippen LogP contribution is 2.43. The fourth-order valence-corrected chi connectivity index (χ4v) is 4.39. The third kappa shape index (κ3) is 3.28. The standard InChI is InChI=1S/C24H22O9/c1-9-6-13-17(15(26)7-9)12-8-16(32-24-21(29)20(28)19(27)10(2)31-24)18-11(4-3-5-14(18)25)22(12)33-23(13)30/h3-8,10,19-21,24-29H,1-2H3/t10-,19-,20+,21+,24-/m0/s1. The largest absolute Gasteiger partial charge is 0.507 e. The van der Waals surface area contributed by atoms with Crippen molar-refractivity contribution in [2.45, 2.75) is 44.6 Å². The van der Waals surface area contributed by atoms with Crippen molar-refractivity contribution in [1.29, 1.82) is 0 Å². The van der Waals surface area contributed by atoms with E-state index in [4.69, 9.17) is 13.9 Å². The van der Waals surface area contributed by atoms with Gasteiger partial charge in [-0.15, -0.1) is 0 Å². The monoisotopic (exact) mass is 454 g/mol. The number of aryl methyl sites for hydroxylation is 1. The summed E-state index contributed by atoms with van der Waals surface area (Å²) >= 11 is 0. The van der Waals surface area contributed by atoms with E-state index in [0.29, 0.717) is 16.3 Å². The molecule has 0 radical (unpaired) electrons. The average Bonchev–Trinajstić information content (AvgIpc) is 2.76. The first kappa shape index (κ1) is 21.5. The minimum Gasteiger partial charge on any atom is -0.507 e. The van der Waals surface area contributed by atoms with Crippen molar-refractivity contribution in [1.82, 2.24) is 0 Å². The third-order valence-electron chi connectivity index (χ3n) is 6.05. The van der Waals surface area contributed by atoms with E-state index in [1.807, 2.05) is 0 Å². The van der Waals surface area contributed by atoms with E-state index in [0.717, 1.165) is 0 Å². The van der Waals surface area contributed by atoms with E-state index in [1.54, 1.807) is 25.1 Å². The van der Waals surface area contributed by atoms with E-state index in [-0.39, 0.29) is 39.0 Å². The summed E-state index contributed by atoms with van der Waals surface area (Å²) in [6, 6.07) is 9.18. The predicted molar refractivity (Wildman–Crippen MR) is 119 cm³/mol. The molecule has 3 aromatic carbocycles. The maximum Gasteiger partial charge on any atom is 0.344 e. The van der Waals surface area contributed by atoms with Crippen LogP contribution in [0.4, 0.5) is 0 Å². The molecule has 172 valence electrons. The van der Waals surface area contributed by atoms with Crippen LogP contribution in [0.3, 0.4) is 0 Å². The van der Waals surface area contributed by atoms with Gasteiger partial charge in [-0.25, -0.2) is 4.79 Å². The quantitative estimate of drug-likeness (QED) is 0.226. The molecule has 1 aliphatic rings. The third-order valence-corrected chi connectivity index (χ3v) is 6.05. The molecule has 0 saturated carbocycles. The van der Waals surface area contributed by atoms with Gasteiger partial charge >= 0.3 is 5.63 Å². The Morgan fingerprint density at radius 3 is 2.39 bits per heavy atom. The number of benzene rings is 3. The van der Waals surface area contributed by atoms with Crippen molar-refractivity contribution in [2.75, 3.05) is 0 Å². The smallest absolute Gasteiger partial charge is 0.344 e. The highest BCUT2D eigenvalue weighted by molar-refractivity contribution is 6.18. The van der Waals surface area contributed by atoms with Gasteiger partial charge in [0.2, 0.25) is 6.29 Å². The van der Waals surface area contributed by atoms with E-state index < -0.39 is 36.3 Å². The molecule has 4 aromatic rings. The average molecular weight is 454 g/mol. The Balaban J connectivity index is 1.80. The van der Waals surface area contributed by atoms with Crippen molar-refractivity contribution >= 4 is 32.5 Å². The summed E-state index contributed by atoms with van der Waals surface area (Å²) in [5.41, 5.74) is 0.160. The number of fused-ring (bicyclic) bond motifs is 5. The summed E-state index contributed by atoms with van der Waals surface area (Å²) in [6.45, 7) is 3.26. The molecule has 5 N–H and O–H groups in total. The second-order valence-electron chi connectivity index (χ2n) is 8.35. The summed E-state index contributed by atoms with van der Waals surface area (Å²) in [6.07, 6.45) is -6.59. The Labute approximate surface area is 186 Å². The SMILES string of the molecule is Cc1cc(O)c2c(c1)c(=O)oc1c3cccc(O)c3c(O[C@@H]3O[C@@H](C)[C@H](O)[C@@H](O)[C@H]3O)cc12. The molecule has 1 saturated heterocycles. The fourth-order valence-electron chi connectivity index (χ4n) is 4.39. The normalized spacial score (nSPS) is 25.7. The molecule has 0 amide bonds. The number of phenols is 2. The van der Waals surface area contributed by atoms with E-state index in [9.17, 15) is 30.3 Å². The zero-order valence-corrected chi connectivity index (χ0v) is 17.7. The van der Waals surface area contributed by atoms with Crippen LogP contribution < -0.4 is 10.4 Å². The Hall–Kier alpha value is -3.37. The van der Waals surface area contributed by atoms with Gasteiger partial charge in [0.25, 0.3) is 0 Å². The minimum atomic E-state index is -1.57. The molecule has 9 heteroatoms. The van der Waals surface area contributed by atoms with Gasteiger partial charge in [-0.1, -0.05) is 12.1 Å². The lowest BCUT2D eigenvalue weighted by atomic mass is 9.99. The summed E-state index contributed by atoms with van der Waals surface area (Å²) in [7, 11) is 0. The number of aliphatic hydroxyl groups excluding tert-OH is 3. The number of hydrogen-bond donors (Lipinski definition) is 5. The van der Waals surface area contributed by atoms with Crippen molar-refractivity contribution in [3.05, 3.63) is 52.4 Å². The van der Waals surface area contributed by atoms with Crippen LogP contribution in [0.2, 0.25) is 0 Å². The molecular formula is C24H22O9. The van der Waals surface area contributed by atoms with Crippen molar-refractivity contribution < 1.29 is 39.4 Å². The molecule has 5 rings (SSSR count). The first-order chi connectivity index (χ1) is 15.7. The van der Waals surface area contributed by atoms with Gasteiger partial charge in [-0.3, -0.25) is 0 Å². The minimum absolute atomic E-state index is 0.0607. The Morgan fingerprint density at radius 1 is 0.879 bits per heavy atom. The Kier molecular flexibility index (Phi) is 4.95. The van der Waals surface area contributed by atoms with Gasteiger partial charge in [-0.05, 0) is 43.7 Å². The summed E-state index contributed by atoms with van der Waals surface area (Å²) < 4.78 is 17.0. The van der Waals surface area contributed by atoms with Crippen LogP contribution >= 0.6 is 0 Å². The van der Waals surface area contributed by atoms with Crippen LogP contribution in [-0.4, -0.2) is 56.2 Å². The summed E-state index contributed by atoms with van der Waals surface area (Å²) in [4.78, 5) is 12.7. The van der Waals surface area contributed by atoms with Gasteiger partial charge in [0, 0.05) is 16.2 Å². The lowest BCUT2D eigenvalue weighted by Crippen LogP contribution is -2.58. The van der Waals surface area contributed by atoms with Gasteiger partial charge in [0.05, 0.1) is 16.9 Å². The van der Waals surface area contributed by atoms with Gasteiger partial charge in [0.1, 0.15) is 41.1 Å². The highest BCUT2D eigenvalue weighted by atomic mass is 16.7. The predicted octanol–water partition coefficient (Wildman–Crippen LogP) is 2.03. The lowest BCUT2D eigenvalue weighted by Gasteiger charge is -2.39. The van der Waals surface area contributed by atoms with Crippen molar-refractivity contribution in [3.63, 3.8) is 0 Å². The molecule has 2 heterocycles. The second kappa shape index (κ2) is 7.60. The molecule has 9 nitrogen and oxygen atoms in total. The van der Waals surface area contributed by atoms with Crippen molar-refractivity contribution in [3.8, 4) is 17.2 Å². The van der Waals surface area contributed by atoms with Crippen LogP contribution in [-0.2, 0) is 4.74 Å². The van der Waals surface area contributed by atoms with Crippen LogP contribution in [0.15, 0.2) is 45.6 Å². The molecule has 0 unspecified atom stereocenters. The molecule has 33 heavy (non-hydrogen) atoms.